The van der Waals surface area contributed by atoms with Crippen LogP contribution in [-0.4, -0.2) is 0 Å². The van der Waals surface area contributed by atoms with Gasteiger partial charge in [0.1, 0.15) is 0 Å². The van der Waals surface area contributed by atoms with E-state index in [1.807, 2.05) is 6.08 Å². The van der Waals surface area contributed by atoms with E-state index in [0.717, 1.165) is 6.42 Å². The topological polar surface area (TPSA) is 0 Å². The minimum absolute atomic E-state index is 0.322. The number of hydrogen-bond donors (Lipinski definition) is 0. The van der Waals surface area contributed by atoms with Crippen LogP contribution < -0.4 is 0 Å². The number of hydrogen-bond acceptors (Lipinski definition) is 0. The zero-order chi connectivity index (χ0) is 8.20. The van der Waals surface area contributed by atoms with Crippen LogP contribution in [0.25, 0.3) is 0 Å². The van der Waals surface area contributed by atoms with Crippen molar-refractivity contribution in [3.63, 3.8) is 0 Å². The van der Waals surface area contributed by atoms with Crippen molar-refractivity contribution >= 4 is 0 Å². The van der Waals surface area contributed by atoms with E-state index in [9.17, 15) is 0 Å². The quantitative estimate of drug-likeness (QED) is 0.512. The molecule has 0 spiro atoms. The molecule has 0 aromatic heterocycles. The van der Waals surface area contributed by atoms with Gasteiger partial charge in [-0.25, -0.2) is 0 Å². The molecule has 0 saturated carbocycles. The molecule has 0 aliphatic heterocycles. The Morgan fingerprint density at radius 3 is 2.20 bits per heavy atom. The van der Waals surface area contributed by atoms with E-state index in [4.69, 9.17) is 0 Å². The fraction of sp³-hybridized carbons (Fsp3) is 0.600. The maximum absolute atomic E-state index is 3.67. The van der Waals surface area contributed by atoms with Crippen LogP contribution in [0.5, 0.6) is 0 Å². The summed E-state index contributed by atoms with van der Waals surface area (Å²) < 4.78 is 0. The van der Waals surface area contributed by atoms with Crippen LogP contribution in [0.4, 0.5) is 0 Å². The summed E-state index contributed by atoms with van der Waals surface area (Å²) in [6.45, 7) is 12.5. The van der Waals surface area contributed by atoms with E-state index in [-0.39, 0.29) is 0 Å². The molecule has 0 nitrogen and oxygen atoms in total. The van der Waals surface area contributed by atoms with Crippen molar-refractivity contribution in [1.82, 2.24) is 0 Å². The minimum atomic E-state index is 0.322. The molecule has 0 radical (unpaired) electrons. The van der Waals surface area contributed by atoms with Crippen molar-refractivity contribution in [2.24, 2.45) is 5.41 Å². The Morgan fingerprint density at radius 1 is 1.40 bits per heavy atom. The smallest absolute Gasteiger partial charge is 0.0169 e. The SMILES string of the molecule is C=CCC=C(C)C(C)(C)C. The highest BCUT2D eigenvalue weighted by Gasteiger charge is 2.10. The molecule has 10 heavy (non-hydrogen) atoms. The molecule has 0 aliphatic rings. The molecule has 0 rings (SSSR count). The van der Waals surface area contributed by atoms with Gasteiger partial charge < -0.3 is 0 Å². The van der Waals surface area contributed by atoms with Crippen LogP contribution in [0, 0.1) is 5.41 Å². The molecule has 0 amide bonds. The molecule has 0 aromatic rings. The maximum atomic E-state index is 3.67. The molecule has 0 bridgehead atoms. The summed E-state index contributed by atoms with van der Waals surface area (Å²) in [5.41, 5.74) is 1.76. The maximum Gasteiger partial charge on any atom is -0.0169 e. The lowest BCUT2D eigenvalue weighted by molar-refractivity contribution is 0.502. The molecular formula is C10H18. The van der Waals surface area contributed by atoms with E-state index >= 15 is 0 Å². The predicted molar refractivity (Wildman–Crippen MR) is 48.0 cm³/mol. The van der Waals surface area contributed by atoms with E-state index in [1.165, 1.54) is 5.57 Å². The normalized spacial score (nSPS) is 13.4. The van der Waals surface area contributed by atoms with Gasteiger partial charge in [-0.05, 0) is 18.8 Å². The van der Waals surface area contributed by atoms with Crippen molar-refractivity contribution in [3.05, 3.63) is 24.3 Å². The molecule has 0 heterocycles. The Balaban J connectivity index is 4.05. The van der Waals surface area contributed by atoms with Crippen LogP contribution in [0.15, 0.2) is 24.3 Å². The first-order valence-electron chi connectivity index (χ1n) is 3.76. The first-order valence-corrected chi connectivity index (χ1v) is 3.76. The highest BCUT2D eigenvalue weighted by atomic mass is 14.2. The Bertz CT molecular complexity index is 133. The lowest BCUT2D eigenvalue weighted by Gasteiger charge is -2.19. The molecule has 0 saturated heterocycles. The summed E-state index contributed by atoms with van der Waals surface area (Å²) in [4.78, 5) is 0. The Morgan fingerprint density at radius 2 is 1.90 bits per heavy atom. The minimum Gasteiger partial charge on any atom is -0.103 e. The number of allylic oxidation sites excluding steroid dienone is 3. The largest absolute Gasteiger partial charge is 0.103 e. The highest BCUT2D eigenvalue weighted by molar-refractivity contribution is 5.08. The molecule has 0 heteroatoms. The average molecular weight is 138 g/mol. The molecule has 0 atom stereocenters. The van der Waals surface area contributed by atoms with Crippen LogP contribution in [0.3, 0.4) is 0 Å². The summed E-state index contributed by atoms with van der Waals surface area (Å²) in [5, 5.41) is 0. The van der Waals surface area contributed by atoms with Crippen molar-refractivity contribution in [3.8, 4) is 0 Å². The van der Waals surface area contributed by atoms with E-state index in [0.29, 0.717) is 5.41 Å². The molecular weight excluding hydrogens is 120 g/mol. The van der Waals surface area contributed by atoms with Gasteiger partial charge in [0, 0.05) is 0 Å². The zero-order valence-corrected chi connectivity index (χ0v) is 7.57. The van der Waals surface area contributed by atoms with Gasteiger partial charge in [0.25, 0.3) is 0 Å². The molecule has 0 aliphatic carbocycles. The fourth-order valence-corrected chi connectivity index (χ4v) is 0.566. The Kier molecular flexibility index (Phi) is 3.41. The van der Waals surface area contributed by atoms with Crippen molar-refractivity contribution in [2.45, 2.75) is 34.1 Å². The third-order valence-corrected chi connectivity index (χ3v) is 1.77. The van der Waals surface area contributed by atoms with E-state index < -0.39 is 0 Å². The summed E-state index contributed by atoms with van der Waals surface area (Å²) in [6.07, 6.45) is 5.14. The van der Waals surface area contributed by atoms with Gasteiger partial charge in [0.05, 0.1) is 0 Å². The molecule has 0 N–H and O–H groups in total. The number of rotatable bonds is 2. The van der Waals surface area contributed by atoms with Crippen LogP contribution in [-0.2, 0) is 0 Å². The Labute approximate surface area is 64.6 Å². The van der Waals surface area contributed by atoms with Crippen LogP contribution in [0.2, 0.25) is 0 Å². The molecule has 0 aromatic carbocycles. The molecule has 0 fully saturated rings. The van der Waals surface area contributed by atoms with Crippen molar-refractivity contribution in [1.29, 1.82) is 0 Å². The van der Waals surface area contributed by atoms with E-state index in [1.54, 1.807) is 0 Å². The predicted octanol–water partition coefficient (Wildman–Crippen LogP) is 3.55. The highest BCUT2D eigenvalue weighted by Crippen LogP contribution is 2.24. The van der Waals surface area contributed by atoms with Gasteiger partial charge in [0.2, 0.25) is 0 Å². The standard InChI is InChI=1S/C10H18/c1-6-7-8-9(2)10(3,4)5/h6,8H,1,7H2,2-5H3. The third-order valence-electron chi connectivity index (χ3n) is 1.77. The van der Waals surface area contributed by atoms with Gasteiger partial charge in [-0.3, -0.25) is 0 Å². The van der Waals surface area contributed by atoms with Gasteiger partial charge in [0.15, 0.2) is 0 Å². The monoisotopic (exact) mass is 138 g/mol. The van der Waals surface area contributed by atoms with Gasteiger partial charge in [-0.1, -0.05) is 38.5 Å². The van der Waals surface area contributed by atoms with Crippen LogP contribution in [0.1, 0.15) is 34.1 Å². The summed E-state index contributed by atoms with van der Waals surface area (Å²) in [7, 11) is 0. The van der Waals surface area contributed by atoms with E-state index in [2.05, 4.69) is 40.3 Å². The van der Waals surface area contributed by atoms with Gasteiger partial charge in [-0.2, -0.15) is 0 Å². The lowest BCUT2D eigenvalue weighted by Crippen LogP contribution is -2.05. The first kappa shape index (κ1) is 9.48. The molecule has 0 unspecified atom stereocenters. The second kappa shape index (κ2) is 3.60. The van der Waals surface area contributed by atoms with Crippen molar-refractivity contribution in [2.75, 3.05) is 0 Å². The third kappa shape index (κ3) is 3.49. The summed E-state index contributed by atoms with van der Waals surface area (Å²) in [5.74, 6) is 0. The average Bonchev–Trinajstić information content (AvgIpc) is 1.80. The van der Waals surface area contributed by atoms with Gasteiger partial charge in [-0.15, -0.1) is 6.58 Å². The van der Waals surface area contributed by atoms with Crippen molar-refractivity contribution < 1.29 is 0 Å². The van der Waals surface area contributed by atoms with Gasteiger partial charge >= 0.3 is 0 Å². The lowest BCUT2D eigenvalue weighted by atomic mass is 9.87. The second-order valence-electron chi connectivity index (χ2n) is 3.66. The zero-order valence-electron chi connectivity index (χ0n) is 7.57. The summed E-state index contributed by atoms with van der Waals surface area (Å²) >= 11 is 0. The summed E-state index contributed by atoms with van der Waals surface area (Å²) in [6, 6.07) is 0. The first-order chi connectivity index (χ1) is 4.48. The Hall–Kier alpha value is -0.520. The second-order valence-corrected chi connectivity index (χ2v) is 3.66. The molecule has 58 valence electrons. The van der Waals surface area contributed by atoms with Crippen LogP contribution >= 0.6 is 0 Å². The fourth-order valence-electron chi connectivity index (χ4n) is 0.566.